The molecule has 5 nitrogen and oxygen atoms in total. The van der Waals surface area contributed by atoms with E-state index in [1.54, 1.807) is 27.4 Å². The van der Waals surface area contributed by atoms with Gasteiger partial charge in [-0.05, 0) is 48.9 Å². The highest BCUT2D eigenvalue weighted by Gasteiger charge is 2.30. The average molecular weight is 440 g/mol. The fourth-order valence-electron chi connectivity index (χ4n) is 3.18. The fourth-order valence-corrected chi connectivity index (χ4v) is 3.48. The summed E-state index contributed by atoms with van der Waals surface area (Å²) in [5.41, 5.74) is 1.38. The van der Waals surface area contributed by atoms with Crippen LogP contribution in [0.25, 0.3) is 0 Å². The van der Waals surface area contributed by atoms with Gasteiger partial charge < -0.3 is 24.3 Å². The van der Waals surface area contributed by atoms with Crippen molar-refractivity contribution in [2.75, 3.05) is 35.0 Å². The van der Waals surface area contributed by atoms with Gasteiger partial charge in [-0.1, -0.05) is 35.3 Å². The van der Waals surface area contributed by atoms with Gasteiger partial charge in [0.05, 0.1) is 50.1 Å². The molecular formula is C22H27Cl2NO4. The van der Waals surface area contributed by atoms with E-state index in [2.05, 4.69) is 11.9 Å². The molecule has 0 saturated heterocycles. The van der Waals surface area contributed by atoms with Crippen molar-refractivity contribution >= 4 is 23.2 Å². The Morgan fingerprint density at radius 2 is 1.66 bits per heavy atom. The van der Waals surface area contributed by atoms with Crippen LogP contribution in [0.15, 0.2) is 43.0 Å². The molecule has 2 rings (SSSR count). The minimum atomic E-state index is -0.489. The van der Waals surface area contributed by atoms with Crippen molar-refractivity contribution in [1.82, 2.24) is 5.32 Å². The first-order valence-corrected chi connectivity index (χ1v) is 9.82. The molecule has 2 aromatic carbocycles. The van der Waals surface area contributed by atoms with Crippen molar-refractivity contribution in [2.24, 2.45) is 0 Å². The number of hydrogen-bond acceptors (Lipinski definition) is 5. The van der Waals surface area contributed by atoms with Crippen LogP contribution in [0.5, 0.6) is 17.2 Å². The summed E-state index contributed by atoms with van der Waals surface area (Å²) in [6.07, 6.45) is 2.50. The van der Waals surface area contributed by atoms with Crippen molar-refractivity contribution in [3.63, 3.8) is 0 Å². The lowest BCUT2D eigenvalue weighted by molar-refractivity contribution is 0.0595. The number of hydrogen-bond donors (Lipinski definition) is 1. The van der Waals surface area contributed by atoms with Crippen LogP contribution in [0, 0.1) is 0 Å². The van der Waals surface area contributed by atoms with Gasteiger partial charge in [-0.2, -0.15) is 0 Å². The van der Waals surface area contributed by atoms with Gasteiger partial charge in [0, 0.05) is 0 Å². The van der Waals surface area contributed by atoms with Crippen molar-refractivity contribution in [1.29, 1.82) is 0 Å². The van der Waals surface area contributed by atoms with E-state index in [9.17, 15) is 0 Å². The fraction of sp³-hybridized carbons (Fsp3) is 0.364. The minimum Gasteiger partial charge on any atom is -0.493 e. The van der Waals surface area contributed by atoms with Gasteiger partial charge >= 0.3 is 0 Å². The van der Waals surface area contributed by atoms with Gasteiger partial charge in [0.25, 0.3) is 0 Å². The molecule has 0 spiro atoms. The monoisotopic (exact) mass is 439 g/mol. The first kappa shape index (κ1) is 23.4. The van der Waals surface area contributed by atoms with Gasteiger partial charge in [-0.3, -0.25) is 0 Å². The topological polar surface area (TPSA) is 49.0 Å². The maximum atomic E-state index is 6.24. The molecule has 0 radical (unpaired) electrons. The predicted molar refractivity (Wildman–Crippen MR) is 118 cm³/mol. The Morgan fingerprint density at radius 1 is 1.00 bits per heavy atom. The van der Waals surface area contributed by atoms with Crippen LogP contribution < -0.4 is 19.5 Å². The van der Waals surface area contributed by atoms with Gasteiger partial charge in [0.2, 0.25) is 5.75 Å². The number of nitrogens with one attached hydrogen (secondary N) is 1. The number of rotatable bonds is 11. The smallest absolute Gasteiger partial charge is 0.203 e. The zero-order valence-electron chi connectivity index (χ0n) is 17.2. The summed E-state index contributed by atoms with van der Waals surface area (Å²) in [6.45, 7) is 4.64. The summed E-state index contributed by atoms with van der Waals surface area (Å²) in [5.74, 6) is 1.72. The Labute approximate surface area is 182 Å². The second kappa shape index (κ2) is 10.7. The highest BCUT2D eigenvalue weighted by molar-refractivity contribution is 6.42. The number of methoxy groups -OCH3 is 3. The number of likely N-dealkylation sites (N-methyl/N-ethyl adjacent to an activating group) is 1. The Balaban J connectivity index is 2.24. The van der Waals surface area contributed by atoms with E-state index in [1.165, 1.54) is 0 Å². The molecule has 2 aromatic rings. The summed E-state index contributed by atoms with van der Waals surface area (Å²) in [5, 5.41) is 4.37. The zero-order valence-corrected chi connectivity index (χ0v) is 18.7. The number of benzene rings is 2. The van der Waals surface area contributed by atoms with E-state index in [0.29, 0.717) is 46.9 Å². The van der Waals surface area contributed by atoms with Gasteiger partial charge in [0.1, 0.15) is 0 Å². The first-order chi connectivity index (χ1) is 13.9. The van der Waals surface area contributed by atoms with Crippen LogP contribution >= 0.6 is 23.2 Å². The van der Waals surface area contributed by atoms with E-state index in [-0.39, 0.29) is 0 Å². The molecule has 0 heterocycles. The quantitative estimate of drug-likeness (QED) is 0.485. The van der Waals surface area contributed by atoms with Crippen LogP contribution in [0.1, 0.15) is 17.5 Å². The SMILES string of the molecule is C=CC[C@](COCc1cc(OC)c(OC)c(OC)c1)(NC)c1ccc(Cl)c(Cl)c1. The van der Waals surface area contributed by atoms with Gasteiger partial charge in [-0.15, -0.1) is 6.58 Å². The molecule has 29 heavy (non-hydrogen) atoms. The molecule has 158 valence electrons. The third-order valence-corrected chi connectivity index (χ3v) is 5.52. The van der Waals surface area contributed by atoms with Gasteiger partial charge in [-0.25, -0.2) is 0 Å². The lowest BCUT2D eigenvalue weighted by Crippen LogP contribution is -2.44. The highest BCUT2D eigenvalue weighted by atomic mass is 35.5. The van der Waals surface area contributed by atoms with Crippen molar-refractivity contribution in [3.8, 4) is 17.2 Å². The average Bonchev–Trinajstić information content (AvgIpc) is 2.74. The second-order valence-electron chi connectivity index (χ2n) is 6.48. The van der Waals surface area contributed by atoms with E-state index in [0.717, 1.165) is 11.1 Å². The van der Waals surface area contributed by atoms with E-state index in [1.807, 2.05) is 37.4 Å². The predicted octanol–water partition coefficient (Wildman–Crippen LogP) is 5.23. The molecule has 1 N–H and O–H groups in total. The van der Waals surface area contributed by atoms with Crippen LogP contribution in [0.3, 0.4) is 0 Å². The molecule has 1 atom stereocenters. The Morgan fingerprint density at radius 3 is 2.14 bits per heavy atom. The molecule has 0 unspecified atom stereocenters. The summed E-state index contributed by atoms with van der Waals surface area (Å²) in [6, 6.07) is 9.32. The second-order valence-corrected chi connectivity index (χ2v) is 7.29. The summed E-state index contributed by atoms with van der Waals surface area (Å²) >= 11 is 12.3. The van der Waals surface area contributed by atoms with Crippen molar-refractivity contribution in [3.05, 3.63) is 64.2 Å². The van der Waals surface area contributed by atoms with E-state index in [4.69, 9.17) is 42.1 Å². The minimum absolute atomic E-state index is 0.360. The number of halogens is 2. The molecule has 0 aromatic heterocycles. The summed E-state index contributed by atoms with van der Waals surface area (Å²) < 4.78 is 22.3. The molecule has 0 fully saturated rings. The number of ether oxygens (including phenoxy) is 4. The van der Waals surface area contributed by atoms with Gasteiger partial charge in [0.15, 0.2) is 11.5 Å². The lowest BCUT2D eigenvalue weighted by Gasteiger charge is -2.33. The van der Waals surface area contributed by atoms with E-state index < -0.39 is 5.54 Å². The summed E-state index contributed by atoms with van der Waals surface area (Å²) in [7, 11) is 6.63. The zero-order chi connectivity index (χ0) is 21.4. The third kappa shape index (κ3) is 5.37. The molecule has 0 amide bonds. The molecule has 0 aliphatic heterocycles. The standard InChI is InChI=1S/C22H27Cl2NO4/c1-6-9-22(25-2,16-7-8-17(23)18(24)12-16)14-29-13-15-10-19(26-3)21(28-5)20(11-15)27-4/h6-8,10-12,25H,1,9,13-14H2,2-5H3/t22-/m1/s1. The molecule has 0 bridgehead atoms. The molecule has 7 heteroatoms. The Hall–Kier alpha value is -1.92. The van der Waals surface area contributed by atoms with Crippen LogP contribution in [0.2, 0.25) is 10.0 Å². The first-order valence-electron chi connectivity index (χ1n) is 9.06. The van der Waals surface area contributed by atoms with Crippen molar-refractivity contribution < 1.29 is 18.9 Å². The Kier molecular flexibility index (Phi) is 8.65. The highest BCUT2D eigenvalue weighted by Crippen LogP contribution is 2.38. The normalized spacial score (nSPS) is 12.9. The van der Waals surface area contributed by atoms with Crippen LogP contribution in [-0.2, 0) is 16.9 Å². The molecule has 0 saturated carbocycles. The molecule has 0 aliphatic carbocycles. The van der Waals surface area contributed by atoms with E-state index >= 15 is 0 Å². The Bertz CT molecular complexity index is 819. The van der Waals surface area contributed by atoms with Crippen LogP contribution in [-0.4, -0.2) is 35.0 Å². The third-order valence-electron chi connectivity index (χ3n) is 4.79. The maximum absolute atomic E-state index is 6.24. The summed E-state index contributed by atoms with van der Waals surface area (Å²) in [4.78, 5) is 0. The maximum Gasteiger partial charge on any atom is 0.203 e. The largest absolute Gasteiger partial charge is 0.493 e. The van der Waals surface area contributed by atoms with Crippen LogP contribution in [0.4, 0.5) is 0 Å². The molecular weight excluding hydrogens is 413 g/mol. The molecule has 0 aliphatic rings. The lowest BCUT2D eigenvalue weighted by atomic mass is 9.87. The van der Waals surface area contributed by atoms with Crippen molar-refractivity contribution in [2.45, 2.75) is 18.6 Å².